The zero-order chi connectivity index (χ0) is 16.9. The lowest BCUT2D eigenvalue weighted by Crippen LogP contribution is -2.16. The van der Waals surface area contributed by atoms with Crippen molar-refractivity contribution >= 4 is 22.3 Å². The van der Waals surface area contributed by atoms with Crippen LogP contribution < -0.4 is 5.43 Å². The first kappa shape index (κ1) is 15.5. The van der Waals surface area contributed by atoms with Crippen LogP contribution in [-0.2, 0) is 6.18 Å². The Balaban J connectivity index is 2.50. The molecule has 8 heteroatoms. The number of phenols is 1. The normalized spacial score (nSPS) is 12.0. The standard InChI is InChI=1S/C15H10F3NO3S/c1-6-3-8(20)4-10-11(6)13(21)12(9-5-23-7(2)19-9)14(22-10)15(16,17)18/h3-5,20H,1-2H3. The first-order chi connectivity index (χ1) is 10.7. The Hall–Kier alpha value is -2.35. The minimum absolute atomic E-state index is 0.00328. The molecule has 0 amide bonds. The zero-order valence-corrected chi connectivity index (χ0v) is 12.8. The molecule has 0 saturated carbocycles. The molecule has 120 valence electrons. The van der Waals surface area contributed by atoms with Crippen molar-refractivity contribution in [2.75, 3.05) is 0 Å². The summed E-state index contributed by atoms with van der Waals surface area (Å²) in [7, 11) is 0. The Morgan fingerprint density at radius 3 is 2.52 bits per heavy atom. The maximum Gasteiger partial charge on any atom is 0.450 e. The van der Waals surface area contributed by atoms with Crippen LogP contribution in [0.2, 0.25) is 0 Å². The predicted octanol–water partition coefficient (Wildman–Crippen LogP) is 4.26. The first-order valence-electron chi connectivity index (χ1n) is 6.48. The van der Waals surface area contributed by atoms with Gasteiger partial charge in [-0.05, 0) is 25.5 Å². The maximum absolute atomic E-state index is 13.3. The second kappa shape index (κ2) is 5.09. The number of aromatic nitrogens is 1. The van der Waals surface area contributed by atoms with Crippen molar-refractivity contribution in [3.05, 3.63) is 44.1 Å². The van der Waals surface area contributed by atoms with E-state index in [1.807, 2.05) is 0 Å². The van der Waals surface area contributed by atoms with E-state index in [-0.39, 0.29) is 22.4 Å². The molecule has 3 rings (SSSR count). The fraction of sp³-hybridized carbons (Fsp3) is 0.200. The van der Waals surface area contributed by atoms with Crippen LogP contribution in [-0.4, -0.2) is 10.1 Å². The second-order valence-electron chi connectivity index (χ2n) is 5.02. The minimum atomic E-state index is -4.86. The molecule has 2 aromatic heterocycles. The highest BCUT2D eigenvalue weighted by Crippen LogP contribution is 2.38. The summed E-state index contributed by atoms with van der Waals surface area (Å²) in [6.07, 6.45) is -4.86. The molecule has 0 bridgehead atoms. The second-order valence-corrected chi connectivity index (χ2v) is 6.08. The van der Waals surface area contributed by atoms with Crippen molar-refractivity contribution in [1.29, 1.82) is 0 Å². The number of hydrogen-bond acceptors (Lipinski definition) is 5. The summed E-state index contributed by atoms with van der Waals surface area (Å²) >= 11 is 1.14. The molecule has 0 aliphatic carbocycles. The number of nitrogens with zero attached hydrogens (tertiary/aromatic N) is 1. The molecule has 0 atom stereocenters. The van der Waals surface area contributed by atoms with Gasteiger partial charge in [0.15, 0.2) is 0 Å². The summed E-state index contributed by atoms with van der Waals surface area (Å²) in [4.78, 5) is 16.6. The molecule has 23 heavy (non-hydrogen) atoms. The first-order valence-corrected chi connectivity index (χ1v) is 7.36. The molecule has 1 aromatic carbocycles. The molecule has 0 unspecified atom stereocenters. The van der Waals surface area contributed by atoms with Crippen molar-refractivity contribution in [1.82, 2.24) is 4.98 Å². The van der Waals surface area contributed by atoms with Gasteiger partial charge in [0, 0.05) is 11.4 Å². The highest BCUT2D eigenvalue weighted by atomic mass is 32.1. The largest absolute Gasteiger partial charge is 0.508 e. The topological polar surface area (TPSA) is 63.3 Å². The molecular weight excluding hydrogens is 331 g/mol. The number of hydrogen-bond donors (Lipinski definition) is 1. The van der Waals surface area contributed by atoms with Gasteiger partial charge in [0.1, 0.15) is 11.3 Å². The van der Waals surface area contributed by atoms with Crippen LogP contribution in [0.3, 0.4) is 0 Å². The molecule has 3 aromatic rings. The summed E-state index contributed by atoms with van der Waals surface area (Å²) < 4.78 is 44.9. The number of halogens is 3. The zero-order valence-electron chi connectivity index (χ0n) is 12.0. The van der Waals surface area contributed by atoms with E-state index in [9.17, 15) is 23.1 Å². The Morgan fingerprint density at radius 1 is 1.26 bits per heavy atom. The van der Waals surface area contributed by atoms with Gasteiger partial charge in [-0.1, -0.05) is 0 Å². The molecule has 0 radical (unpaired) electrons. The van der Waals surface area contributed by atoms with Crippen LogP contribution in [0, 0.1) is 13.8 Å². The number of thiazole rings is 1. The number of phenolic OH excluding ortho intramolecular Hbond substituents is 1. The molecule has 0 aliphatic rings. The van der Waals surface area contributed by atoms with E-state index in [1.165, 1.54) is 18.4 Å². The van der Waals surface area contributed by atoms with Gasteiger partial charge in [-0.25, -0.2) is 4.98 Å². The summed E-state index contributed by atoms with van der Waals surface area (Å²) in [5.74, 6) is -1.69. The fourth-order valence-corrected chi connectivity index (χ4v) is 3.01. The third-order valence-corrected chi connectivity index (χ3v) is 4.08. The van der Waals surface area contributed by atoms with Gasteiger partial charge >= 0.3 is 6.18 Å². The SMILES string of the molecule is Cc1nc(-c2c(C(F)(F)F)oc3cc(O)cc(C)c3c2=O)cs1. The quantitative estimate of drug-likeness (QED) is 0.718. The van der Waals surface area contributed by atoms with Crippen LogP contribution >= 0.6 is 11.3 Å². The van der Waals surface area contributed by atoms with Gasteiger partial charge in [0.25, 0.3) is 0 Å². The summed E-state index contributed by atoms with van der Waals surface area (Å²) in [5.41, 5.74) is -1.47. The van der Waals surface area contributed by atoms with Gasteiger partial charge in [-0.2, -0.15) is 13.2 Å². The Bertz CT molecular complexity index is 972. The lowest BCUT2D eigenvalue weighted by molar-refractivity contribution is -0.152. The van der Waals surface area contributed by atoms with Crippen LogP contribution in [0.25, 0.3) is 22.2 Å². The van der Waals surface area contributed by atoms with Gasteiger partial charge in [-0.15, -0.1) is 11.3 Å². The van der Waals surface area contributed by atoms with Crippen molar-refractivity contribution < 1.29 is 22.7 Å². The van der Waals surface area contributed by atoms with Gasteiger partial charge in [0.2, 0.25) is 11.2 Å². The van der Waals surface area contributed by atoms with Crippen molar-refractivity contribution in [2.24, 2.45) is 0 Å². The summed E-state index contributed by atoms with van der Waals surface area (Å²) in [6.45, 7) is 3.15. The Labute approximate surface area is 131 Å². The minimum Gasteiger partial charge on any atom is -0.508 e. The molecule has 0 aliphatic heterocycles. The average molecular weight is 341 g/mol. The Kier molecular flexibility index (Phi) is 3.44. The lowest BCUT2D eigenvalue weighted by Gasteiger charge is -2.12. The predicted molar refractivity (Wildman–Crippen MR) is 79.7 cm³/mol. The summed E-state index contributed by atoms with van der Waals surface area (Å²) in [5, 5.41) is 11.5. The molecular formula is C15H10F3NO3S. The number of alkyl halides is 3. The lowest BCUT2D eigenvalue weighted by atomic mass is 10.0. The van der Waals surface area contributed by atoms with Crippen LogP contribution in [0.1, 0.15) is 16.3 Å². The van der Waals surface area contributed by atoms with E-state index >= 15 is 0 Å². The molecule has 1 N–H and O–H groups in total. The number of aryl methyl sites for hydroxylation is 2. The van der Waals surface area contributed by atoms with E-state index < -0.39 is 22.9 Å². The van der Waals surface area contributed by atoms with Gasteiger partial charge in [-0.3, -0.25) is 4.79 Å². The number of benzene rings is 1. The molecule has 0 spiro atoms. The molecule has 0 saturated heterocycles. The highest BCUT2D eigenvalue weighted by molar-refractivity contribution is 7.09. The molecule has 0 fully saturated rings. The van der Waals surface area contributed by atoms with Crippen LogP contribution in [0.5, 0.6) is 5.75 Å². The molecule has 4 nitrogen and oxygen atoms in total. The van der Waals surface area contributed by atoms with Crippen molar-refractivity contribution in [3.63, 3.8) is 0 Å². The number of aromatic hydroxyl groups is 1. The van der Waals surface area contributed by atoms with Gasteiger partial charge < -0.3 is 9.52 Å². The molecule has 2 heterocycles. The van der Waals surface area contributed by atoms with Crippen molar-refractivity contribution in [3.8, 4) is 17.0 Å². The third kappa shape index (κ3) is 2.59. The number of fused-ring (bicyclic) bond motifs is 1. The smallest absolute Gasteiger partial charge is 0.450 e. The maximum atomic E-state index is 13.3. The van der Waals surface area contributed by atoms with Crippen LogP contribution in [0.4, 0.5) is 13.2 Å². The fourth-order valence-electron chi connectivity index (χ4n) is 2.41. The van der Waals surface area contributed by atoms with Gasteiger partial charge in [0.05, 0.1) is 21.7 Å². The monoisotopic (exact) mass is 341 g/mol. The van der Waals surface area contributed by atoms with Crippen molar-refractivity contribution in [2.45, 2.75) is 20.0 Å². The van der Waals surface area contributed by atoms with E-state index in [2.05, 4.69) is 4.98 Å². The van der Waals surface area contributed by atoms with E-state index in [0.29, 0.717) is 10.6 Å². The Morgan fingerprint density at radius 2 is 1.96 bits per heavy atom. The van der Waals surface area contributed by atoms with E-state index in [0.717, 1.165) is 17.4 Å². The third-order valence-electron chi connectivity index (χ3n) is 3.31. The summed E-state index contributed by atoms with van der Waals surface area (Å²) in [6, 6.07) is 2.29. The average Bonchev–Trinajstić information content (AvgIpc) is 2.82. The number of rotatable bonds is 1. The highest BCUT2D eigenvalue weighted by Gasteiger charge is 2.40. The van der Waals surface area contributed by atoms with E-state index in [4.69, 9.17) is 4.42 Å². The van der Waals surface area contributed by atoms with E-state index in [1.54, 1.807) is 6.92 Å². The van der Waals surface area contributed by atoms with Crippen LogP contribution in [0.15, 0.2) is 26.7 Å².